The fourth-order valence-corrected chi connectivity index (χ4v) is 3.49. The number of piperidine rings is 1. The lowest BCUT2D eigenvalue weighted by atomic mass is 10.1. The van der Waals surface area contributed by atoms with Crippen LogP contribution in [-0.4, -0.2) is 62.2 Å². The maximum atomic E-state index is 12.1. The molecular weight excluding hydrogens is 232 g/mol. The van der Waals surface area contributed by atoms with Crippen LogP contribution in [0.3, 0.4) is 0 Å². The first kappa shape index (κ1) is 12.0. The molecule has 7 heteroatoms. The van der Waals surface area contributed by atoms with Crippen molar-refractivity contribution >= 4 is 16.0 Å². The average Bonchev–Trinajstić information content (AvgIpc) is 2.31. The van der Waals surface area contributed by atoms with Gasteiger partial charge in [-0.15, -0.1) is 0 Å². The molecule has 2 aliphatic rings. The van der Waals surface area contributed by atoms with Gasteiger partial charge in [-0.1, -0.05) is 0 Å². The smallest absolute Gasteiger partial charge is 0.282 e. The normalized spacial score (nSPS) is 25.9. The molecule has 0 atom stereocenters. The number of rotatable bonds is 2. The van der Waals surface area contributed by atoms with Gasteiger partial charge < -0.3 is 4.74 Å². The Labute approximate surface area is 95.3 Å². The van der Waals surface area contributed by atoms with E-state index in [4.69, 9.17) is 4.74 Å². The van der Waals surface area contributed by atoms with Gasteiger partial charge in [0.25, 0.3) is 10.2 Å². The van der Waals surface area contributed by atoms with Crippen LogP contribution in [0.5, 0.6) is 0 Å². The summed E-state index contributed by atoms with van der Waals surface area (Å²) in [4.78, 5) is 11.1. The Morgan fingerprint density at radius 3 is 2.00 bits per heavy atom. The molecule has 0 aromatic rings. The first-order valence-corrected chi connectivity index (χ1v) is 6.85. The Bertz CT molecular complexity index is 352. The quantitative estimate of drug-likeness (QED) is 0.643. The van der Waals surface area contributed by atoms with Crippen LogP contribution >= 0.6 is 0 Å². The molecule has 0 spiro atoms. The SMILES string of the molecule is O=C1CCN(S(=O)(=O)N2CCOCC2)CC1. The topological polar surface area (TPSA) is 66.9 Å². The van der Waals surface area contributed by atoms with Crippen LogP contribution in [0, 0.1) is 0 Å². The van der Waals surface area contributed by atoms with E-state index in [1.54, 1.807) is 0 Å². The van der Waals surface area contributed by atoms with Gasteiger partial charge in [0.1, 0.15) is 5.78 Å². The second-order valence-electron chi connectivity index (χ2n) is 3.96. The van der Waals surface area contributed by atoms with Gasteiger partial charge in [-0.25, -0.2) is 0 Å². The van der Waals surface area contributed by atoms with Crippen molar-refractivity contribution < 1.29 is 17.9 Å². The molecule has 6 nitrogen and oxygen atoms in total. The third-order valence-electron chi connectivity index (χ3n) is 2.90. The molecule has 0 radical (unpaired) electrons. The molecule has 0 aromatic carbocycles. The predicted molar refractivity (Wildman–Crippen MR) is 57.1 cm³/mol. The highest BCUT2D eigenvalue weighted by Crippen LogP contribution is 2.15. The van der Waals surface area contributed by atoms with Crippen molar-refractivity contribution in [2.24, 2.45) is 0 Å². The average molecular weight is 248 g/mol. The summed E-state index contributed by atoms with van der Waals surface area (Å²) in [6.07, 6.45) is 0.674. The largest absolute Gasteiger partial charge is 0.379 e. The van der Waals surface area contributed by atoms with E-state index in [0.717, 1.165) is 0 Å². The third-order valence-corrected chi connectivity index (χ3v) is 4.94. The molecule has 2 saturated heterocycles. The molecule has 92 valence electrons. The van der Waals surface area contributed by atoms with Crippen LogP contribution in [0.1, 0.15) is 12.8 Å². The molecule has 16 heavy (non-hydrogen) atoms. The van der Waals surface area contributed by atoms with Crippen LogP contribution in [0.25, 0.3) is 0 Å². The summed E-state index contributed by atoms with van der Waals surface area (Å²) in [6.45, 7) is 2.36. The molecule has 0 aromatic heterocycles. The first-order chi connectivity index (χ1) is 7.60. The lowest BCUT2D eigenvalue weighted by Gasteiger charge is -2.33. The molecule has 0 N–H and O–H groups in total. The van der Waals surface area contributed by atoms with E-state index in [1.165, 1.54) is 8.61 Å². The zero-order valence-electron chi connectivity index (χ0n) is 9.09. The second-order valence-corrected chi connectivity index (χ2v) is 5.89. The van der Waals surface area contributed by atoms with E-state index >= 15 is 0 Å². The summed E-state index contributed by atoms with van der Waals surface area (Å²) in [6, 6.07) is 0. The molecule has 0 aliphatic carbocycles. The van der Waals surface area contributed by atoms with Gasteiger partial charge in [-0.3, -0.25) is 4.79 Å². The van der Waals surface area contributed by atoms with Gasteiger partial charge in [-0.05, 0) is 0 Å². The minimum Gasteiger partial charge on any atom is -0.379 e. The predicted octanol–water partition coefficient (Wildman–Crippen LogP) is -0.772. The summed E-state index contributed by atoms with van der Waals surface area (Å²) < 4.78 is 32.2. The number of morpholine rings is 1. The zero-order chi connectivity index (χ0) is 11.6. The minimum absolute atomic E-state index is 0.147. The van der Waals surface area contributed by atoms with Gasteiger partial charge >= 0.3 is 0 Å². The molecule has 0 amide bonds. The van der Waals surface area contributed by atoms with Crippen molar-refractivity contribution in [2.45, 2.75) is 12.8 Å². The van der Waals surface area contributed by atoms with E-state index in [-0.39, 0.29) is 5.78 Å². The van der Waals surface area contributed by atoms with Crippen molar-refractivity contribution in [3.05, 3.63) is 0 Å². The van der Waals surface area contributed by atoms with Crippen molar-refractivity contribution in [3.63, 3.8) is 0 Å². The summed E-state index contributed by atoms with van der Waals surface area (Å²) in [5.41, 5.74) is 0. The highest BCUT2D eigenvalue weighted by molar-refractivity contribution is 7.86. The van der Waals surface area contributed by atoms with Gasteiger partial charge in [0.05, 0.1) is 13.2 Å². The Morgan fingerprint density at radius 1 is 0.938 bits per heavy atom. The van der Waals surface area contributed by atoms with Crippen LogP contribution in [0.4, 0.5) is 0 Å². The Morgan fingerprint density at radius 2 is 1.44 bits per heavy atom. The monoisotopic (exact) mass is 248 g/mol. The Balaban J connectivity index is 2.03. The molecule has 0 bridgehead atoms. The number of carbonyl (C=O) groups is 1. The van der Waals surface area contributed by atoms with Crippen LogP contribution in [0.2, 0.25) is 0 Å². The van der Waals surface area contributed by atoms with Crippen LogP contribution in [-0.2, 0) is 19.7 Å². The van der Waals surface area contributed by atoms with Crippen LogP contribution in [0.15, 0.2) is 0 Å². The van der Waals surface area contributed by atoms with Crippen molar-refractivity contribution in [3.8, 4) is 0 Å². The van der Waals surface area contributed by atoms with Gasteiger partial charge in [0, 0.05) is 39.0 Å². The fraction of sp³-hybridized carbons (Fsp3) is 0.889. The molecule has 2 heterocycles. The molecular formula is C9H16N2O4S. The Kier molecular flexibility index (Phi) is 3.58. The van der Waals surface area contributed by atoms with E-state index < -0.39 is 10.2 Å². The number of Topliss-reactive ketones (excluding diaryl/α,β-unsaturated/α-hetero) is 1. The van der Waals surface area contributed by atoms with E-state index in [9.17, 15) is 13.2 Å². The highest BCUT2D eigenvalue weighted by Gasteiger charge is 2.33. The molecule has 2 aliphatic heterocycles. The fourth-order valence-electron chi connectivity index (χ4n) is 1.91. The molecule has 2 fully saturated rings. The summed E-state index contributed by atoms with van der Waals surface area (Å²) in [5.74, 6) is 0.147. The van der Waals surface area contributed by atoms with E-state index in [1.807, 2.05) is 0 Å². The number of nitrogens with zero attached hydrogens (tertiary/aromatic N) is 2. The van der Waals surface area contributed by atoms with Crippen molar-refractivity contribution in [1.82, 2.24) is 8.61 Å². The van der Waals surface area contributed by atoms with Crippen molar-refractivity contribution in [1.29, 1.82) is 0 Å². The van der Waals surface area contributed by atoms with Crippen LogP contribution < -0.4 is 0 Å². The van der Waals surface area contributed by atoms with Gasteiger partial charge in [0.15, 0.2) is 0 Å². The number of ketones is 1. The summed E-state index contributed by atoms with van der Waals surface area (Å²) in [7, 11) is -3.37. The van der Waals surface area contributed by atoms with E-state index in [0.29, 0.717) is 52.2 Å². The Hall–Kier alpha value is -0.500. The highest BCUT2D eigenvalue weighted by atomic mass is 32.2. The number of ether oxygens (including phenoxy) is 1. The maximum absolute atomic E-state index is 12.1. The molecule has 2 rings (SSSR count). The minimum atomic E-state index is -3.37. The van der Waals surface area contributed by atoms with Crippen molar-refractivity contribution in [2.75, 3.05) is 39.4 Å². The van der Waals surface area contributed by atoms with Gasteiger partial charge in [0.2, 0.25) is 0 Å². The third kappa shape index (κ3) is 2.42. The lowest BCUT2D eigenvalue weighted by Crippen LogP contribution is -2.50. The zero-order valence-corrected chi connectivity index (χ0v) is 9.91. The number of hydrogen-bond acceptors (Lipinski definition) is 4. The standard InChI is InChI=1S/C9H16N2O4S/c12-9-1-3-10(4-2-9)16(13,14)11-5-7-15-8-6-11/h1-8H2. The molecule has 0 unspecified atom stereocenters. The molecule has 0 saturated carbocycles. The maximum Gasteiger partial charge on any atom is 0.282 e. The second kappa shape index (κ2) is 4.79. The lowest BCUT2D eigenvalue weighted by molar-refractivity contribution is -0.120. The first-order valence-electron chi connectivity index (χ1n) is 5.45. The van der Waals surface area contributed by atoms with E-state index in [2.05, 4.69) is 0 Å². The summed E-state index contributed by atoms with van der Waals surface area (Å²) >= 11 is 0. The summed E-state index contributed by atoms with van der Waals surface area (Å²) in [5, 5.41) is 0. The number of hydrogen-bond donors (Lipinski definition) is 0. The number of carbonyl (C=O) groups excluding carboxylic acids is 1. The van der Waals surface area contributed by atoms with Gasteiger partial charge in [-0.2, -0.15) is 17.0 Å².